The van der Waals surface area contributed by atoms with Crippen molar-refractivity contribution < 1.29 is 69.3 Å². The molecule has 0 fully saturated rings. The number of aliphatic hydroxyl groups is 1. The molecule has 0 aliphatic rings. The third-order valence-electron chi connectivity index (χ3n) is 10.0. The Morgan fingerprint density at radius 2 is 0.984 bits per heavy atom. The fourth-order valence-electron chi connectivity index (χ4n) is 6.42. The van der Waals surface area contributed by atoms with Gasteiger partial charge < -0.3 is 55.5 Å². The molecule has 0 aromatic carbocycles. The molecular weight excluding hydrogens is 808 g/mol. The normalized spacial score (nSPS) is 12.1. The van der Waals surface area contributed by atoms with Crippen LogP contribution in [0.2, 0.25) is 0 Å². The zero-order valence-corrected chi connectivity index (χ0v) is 37.5. The van der Waals surface area contributed by atoms with E-state index in [1.54, 1.807) is 7.05 Å². The van der Waals surface area contributed by atoms with E-state index in [1.165, 1.54) is 44.9 Å². The van der Waals surface area contributed by atoms with Crippen molar-refractivity contribution in [2.24, 2.45) is 0 Å². The minimum Gasteiger partial charge on any atom is -0.481 e. The first-order valence-electron chi connectivity index (χ1n) is 22.9. The lowest BCUT2D eigenvalue weighted by Gasteiger charge is -2.14. The van der Waals surface area contributed by atoms with Gasteiger partial charge >= 0.3 is 11.9 Å². The number of unbranched alkanes of at least 4 members (excludes halogenated alkanes) is 14. The maximum atomic E-state index is 12.3. The first kappa shape index (κ1) is 58.5. The molecule has 0 rings (SSSR count). The third-order valence-corrected chi connectivity index (χ3v) is 10.0. The van der Waals surface area contributed by atoms with Crippen LogP contribution < -0.4 is 21.3 Å². The number of carbonyl (C=O) groups excluding carboxylic acids is 5. The number of amides is 3. The van der Waals surface area contributed by atoms with E-state index in [1.807, 2.05) is 0 Å². The van der Waals surface area contributed by atoms with Crippen molar-refractivity contribution in [2.45, 2.75) is 160 Å². The molecule has 62 heavy (non-hydrogen) atoms. The number of ether oxygens (including phenoxy) is 4. The van der Waals surface area contributed by atoms with Gasteiger partial charge in [0.25, 0.3) is 0 Å². The molecule has 0 saturated heterocycles. The average Bonchev–Trinajstić information content (AvgIpc) is 3.24. The first-order chi connectivity index (χ1) is 30.0. The number of carboxylic acid groups (broad SMARTS) is 2. The molecule has 0 spiro atoms. The van der Waals surface area contributed by atoms with Crippen molar-refractivity contribution in [3.05, 3.63) is 0 Å². The summed E-state index contributed by atoms with van der Waals surface area (Å²) in [5, 5.41) is 37.9. The molecule has 18 nitrogen and oxygen atoms in total. The van der Waals surface area contributed by atoms with Crippen molar-refractivity contribution in [2.75, 3.05) is 79.6 Å². The summed E-state index contributed by atoms with van der Waals surface area (Å²) in [6.45, 7) is 1.43. The molecule has 3 amide bonds. The molecule has 0 aliphatic carbocycles. The Morgan fingerprint density at radius 3 is 1.50 bits per heavy atom. The Bertz CT molecular complexity index is 1220. The van der Waals surface area contributed by atoms with Crippen LogP contribution in [0.15, 0.2) is 0 Å². The number of Topliss-reactive ketones (excluding diaryl/α,β-unsaturated/α-hetero) is 2. The van der Waals surface area contributed by atoms with Gasteiger partial charge in [-0.2, -0.15) is 0 Å². The van der Waals surface area contributed by atoms with Gasteiger partial charge in [0.05, 0.1) is 39.1 Å². The van der Waals surface area contributed by atoms with Crippen LogP contribution in [-0.4, -0.2) is 148 Å². The van der Waals surface area contributed by atoms with E-state index in [2.05, 4.69) is 21.3 Å². The number of carboxylic acids is 2. The highest BCUT2D eigenvalue weighted by molar-refractivity contribution is 5.85. The average molecular weight is 891 g/mol. The second-order valence-electron chi connectivity index (χ2n) is 15.5. The lowest BCUT2D eigenvalue weighted by Crippen LogP contribution is -2.41. The Hall–Kier alpha value is -3.55. The van der Waals surface area contributed by atoms with Crippen LogP contribution in [0, 0.1) is 0 Å². The Labute approximate surface area is 370 Å². The predicted molar refractivity (Wildman–Crippen MR) is 235 cm³/mol. The van der Waals surface area contributed by atoms with E-state index in [9.17, 15) is 38.7 Å². The Morgan fingerprint density at radius 1 is 0.484 bits per heavy atom. The number of hydrogen-bond donors (Lipinski definition) is 7. The largest absolute Gasteiger partial charge is 0.481 e. The predicted octanol–water partition coefficient (Wildman–Crippen LogP) is 3.88. The summed E-state index contributed by atoms with van der Waals surface area (Å²) in [4.78, 5) is 82.1. The van der Waals surface area contributed by atoms with E-state index in [-0.39, 0.29) is 122 Å². The van der Waals surface area contributed by atoms with Crippen LogP contribution in [0.25, 0.3) is 0 Å². The fraction of sp³-hybridized carbons (Fsp3) is 0.841. The van der Waals surface area contributed by atoms with Crippen LogP contribution in [0.4, 0.5) is 0 Å². The summed E-state index contributed by atoms with van der Waals surface area (Å²) in [6, 6.07) is -1.49. The number of carbonyl (C=O) groups is 7. The van der Waals surface area contributed by atoms with Crippen molar-refractivity contribution >= 4 is 41.2 Å². The van der Waals surface area contributed by atoms with E-state index < -0.39 is 24.6 Å². The number of ketones is 2. The van der Waals surface area contributed by atoms with Gasteiger partial charge in [0, 0.05) is 46.8 Å². The van der Waals surface area contributed by atoms with Gasteiger partial charge in [-0.3, -0.25) is 28.8 Å². The van der Waals surface area contributed by atoms with Crippen LogP contribution in [0.3, 0.4) is 0 Å². The van der Waals surface area contributed by atoms with Gasteiger partial charge in [0.15, 0.2) is 5.78 Å². The van der Waals surface area contributed by atoms with Crippen LogP contribution >= 0.6 is 0 Å². The molecule has 18 heteroatoms. The maximum absolute atomic E-state index is 12.3. The number of aliphatic carboxylic acids is 2. The van der Waals surface area contributed by atoms with Crippen molar-refractivity contribution in [3.8, 4) is 0 Å². The number of rotatable bonds is 47. The molecule has 0 aromatic rings. The van der Waals surface area contributed by atoms with Gasteiger partial charge in [-0.15, -0.1) is 0 Å². The lowest BCUT2D eigenvalue weighted by atomic mass is 10.0. The fourth-order valence-corrected chi connectivity index (χ4v) is 6.42. The molecule has 0 saturated carbocycles. The first-order valence-corrected chi connectivity index (χ1v) is 22.9. The number of hydrogen-bond acceptors (Lipinski definition) is 13. The number of likely N-dealkylation sites (N-methyl/N-ethyl adjacent to an activating group) is 1. The second-order valence-corrected chi connectivity index (χ2v) is 15.5. The van der Waals surface area contributed by atoms with Crippen molar-refractivity contribution in [1.29, 1.82) is 0 Å². The van der Waals surface area contributed by atoms with Gasteiger partial charge in [0.1, 0.15) is 31.6 Å². The number of nitrogens with one attached hydrogen (secondary N) is 4. The monoisotopic (exact) mass is 891 g/mol. The van der Waals surface area contributed by atoms with Gasteiger partial charge in [-0.25, -0.2) is 4.79 Å². The van der Waals surface area contributed by atoms with E-state index >= 15 is 0 Å². The van der Waals surface area contributed by atoms with Gasteiger partial charge in [-0.05, 0) is 52.0 Å². The maximum Gasteiger partial charge on any atom is 0.326 e. The topological polar surface area (TPSA) is 265 Å². The van der Waals surface area contributed by atoms with E-state index in [0.717, 1.165) is 44.9 Å². The standard InChI is InChI=1S/C44H80N4O14.H2/c1-45-37(39(51)33-49)20-16-17-25-46-41(53)34-62-32-30-60-28-26-47-42(54)35-61-31-29-59-27-18-19-36(50)23-24-38(44(57)58)48-40(52)21-14-12-10-8-6-4-2-3-5-7-9-11-13-15-22-43(55)56;/h37-38,45,49H,2-35H2,1H3,(H,46,53)(H,47,54)(H,48,52)(H,55,56)(H,57,58);1H/t37-,38-;/m0./s1. The molecule has 0 bridgehead atoms. The lowest BCUT2D eigenvalue weighted by molar-refractivity contribution is -0.142. The molecule has 362 valence electrons. The summed E-state index contributed by atoms with van der Waals surface area (Å²) in [7, 11) is 1.67. The Balaban J connectivity index is 0. The minimum atomic E-state index is -1.16. The van der Waals surface area contributed by atoms with Gasteiger partial charge in [-0.1, -0.05) is 77.0 Å². The summed E-state index contributed by atoms with van der Waals surface area (Å²) < 4.78 is 21.4. The van der Waals surface area contributed by atoms with E-state index in [4.69, 9.17) is 29.2 Å². The molecule has 0 aromatic heterocycles. The smallest absolute Gasteiger partial charge is 0.326 e. The summed E-state index contributed by atoms with van der Waals surface area (Å²) in [5.41, 5.74) is 0. The van der Waals surface area contributed by atoms with Crippen molar-refractivity contribution in [1.82, 2.24) is 21.3 Å². The highest BCUT2D eigenvalue weighted by Crippen LogP contribution is 2.14. The molecule has 0 radical (unpaired) electrons. The quantitative estimate of drug-likeness (QED) is 0.0428. The summed E-state index contributed by atoms with van der Waals surface area (Å²) in [5.74, 6) is -3.11. The highest BCUT2D eigenvalue weighted by atomic mass is 16.5. The summed E-state index contributed by atoms with van der Waals surface area (Å²) in [6.07, 6.45) is 18.4. The second kappa shape index (κ2) is 42.7. The van der Waals surface area contributed by atoms with Gasteiger partial charge in [0.2, 0.25) is 17.7 Å². The minimum absolute atomic E-state index is 0. The van der Waals surface area contributed by atoms with Crippen LogP contribution in [0.5, 0.6) is 0 Å². The Kier molecular flexibility index (Phi) is 40.3. The molecule has 0 aliphatic heterocycles. The zero-order valence-electron chi connectivity index (χ0n) is 37.5. The molecular formula is C44H82N4O14. The van der Waals surface area contributed by atoms with Crippen LogP contribution in [0.1, 0.15) is 149 Å². The third kappa shape index (κ3) is 39.3. The number of aliphatic hydroxyl groups excluding tert-OH is 1. The molecule has 0 unspecified atom stereocenters. The summed E-state index contributed by atoms with van der Waals surface area (Å²) >= 11 is 0. The molecule has 0 heterocycles. The highest BCUT2D eigenvalue weighted by Gasteiger charge is 2.21. The van der Waals surface area contributed by atoms with Crippen LogP contribution in [-0.2, 0) is 52.5 Å². The molecule has 2 atom stereocenters. The van der Waals surface area contributed by atoms with E-state index in [0.29, 0.717) is 38.8 Å². The SMILES string of the molecule is CN[C@@H](CCCCNC(=O)COCCOCCNC(=O)COCCOCCCC(=O)CC[C@H](NC(=O)CCCCCCCCCCCCCCCCC(=O)O)C(=O)O)C(=O)CO.[HH]. The van der Waals surface area contributed by atoms with Crippen molar-refractivity contribution in [3.63, 3.8) is 0 Å². The molecule has 7 N–H and O–H groups in total. The zero-order chi connectivity index (χ0) is 45.9.